The zero-order chi connectivity index (χ0) is 22.5. The number of nitrogens with one attached hydrogen (secondary N) is 1. The number of hydrogen-bond acceptors (Lipinski definition) is 3. The molecule has 0 bridgehead atoms. The summed E-state index contributed by atoms with van der Waals surface area (Å²) in [6, 6.07) is 18.0. The summed E-state index contributed by atoms with van der Waals surface area (Å²) in [7, 11) is 0. The summed E-state index contributed by atoms with van der Waals surface area (Å²) in [5, 5.41) is 3.02. The number of thioether (sulfide) groups is 1. The van der Waals surface area contributed by atoms with E-state index in [4.69, 9.17) is 0 Å². The van der Waals surface area contributed by atoms with E-state index in [9.17, 15) is 9.59 Å². The summed E-state index contributed by atoms with van der Waals surface area (Å²) in [5.41, 5.74) is 3.67. The van der Waals surface area contributed by atoms with Gasteiger partial charge in [-0.2, -0.15) is 0 Å². The van der Waals surface area contributed by atoms with E-state index in [-0.39, 0.29) is 11.8 Å². The van der Waals surface area contributed by atoms with Crippen LogP contribution in [-0.2, 0) is 21.8 Å². The molecule has 0 aliphatic carbocycles. The molecule has 0 aliphatic heterocycles. The van der Waals surface area contributed by atoms with E-state index in [1.165, 1.54) is 16.7 Å². The molecule has 168 valence electrons. The van der Waals surface area contributed by atoms with Crippen LogP contribution in [0.5, 0.6) is 0 Å². The van der Waals surface area contributed by atoms with E-state index < -0.39 is 6.04 Å². The number of carbonyl (C=O) groups is 2. The van der Waals surface area contributed by atoms with E-state index >= 15 is 0 Å². The van der Waals surface area contributed by atoms with Crippen LogP contribution in [0, 0.1) is 6.92 Å². The Balaban J connectivity index is 2.04. The van der Waals surface area contributed by atoms with Crippen molar-refractivity contribution in [1.82, 2.24) is 10.2 Å². The van der Waals surface area contributed by atoms with Gasteiger partial charge in [-0.05, 0) is 42.9 Å². The largest absolute Gasteiger partial charge is 0.354 e. The van der Waals surface area contributed by atoms with Gasteiger partial charge in [0.15, 0.2) is 0 Å². The van der Waals surface area contributed by atoms with Crippen molar-refractivity contribution >= 4 is 23.6 Å². The van der Waals surface area contributed by atoms with Crippen molar-refractivity contribution in [2.45, 2.75) is 58.2 Å². The second-order valence-electron chi connectivity index (χ2n) is 7.81. The summed E-state index contributed by atoms with van der Waals surface area (Å²) in [5.74, 6) is 1.17. The Morgan fingerprint density at radius 3 is 2.42 bits per heavy atom. The molecule has 1 atom stereocenters. The van der Waals surface area contributed by atoms with E-state index in [0.717, 1.165) is 25.0 Å². The molecule has 0 saturated heterocycles. The zero-order valence-corrected chi connectivity index (χ0v) is 19.9. The molecule has 1 unspecified atom stereocenters. The topological polar surface area (TPSA) is 49.4 Å². The predicted molar refractivity (Wildman–Crippen MR) is 131 cm³/mol. The molecule has 0 spiro atoms. The highest BCUT2D eigenvalue weighted by atomic mass is 32.2. The van der Waals surface area contributed by atoms with Crippen LogP contribution < -0.4 is 5.32 Å². The van der Waals surface area contributed by atoms with Crippen molar-refractivity contribution in [3.63, 3.8) is 0 Å². The standard InChI is InChI=1S/C26H36N2O2S/c1-4-6-17-27-26(30)24(5-2)28(18-16-22-13-8-7-9-14-22)25(29)20-31-19-23-15-11-10-12-21(23)3/h7-15,24H,4-6,16-20H2,1-3H3,(H,27,30). The molecule has 2 aromatic rings. The van der Waals surface area contributed by atoms with Crippen molar-refractivity contribution in [3.8, 4) is 0 Å². The minimum Gasteiger partial charge on any atom is -0.354 e. The van der Waals surface area contributed by atoms with Gasteiger partial charge in [-0.25, -0.2) is 0 Å². The van der Waals surface area contributed by atoms with Crippen LogP contribution >= 0.6 is 11.8 Å². The molecule has 4 nitrogen and oxygen atoms in total. The van der Waals surface area contributed by atoms with Gasteiger partial charge in [0.2, 0.25) is 11.8 Å². The van der Waals surface area contributed by atoms with Gasteiger partial charge in [-0.15, -0.1) is 11.8 Å². The van der Waals surface area contributed by atoms with Gasteiger partial charge < -0.3 is 10.2 Å². The highest BCUT2D eigenvalue weighted by Crippen LogP contribution is 2.18. The Kier molecular flexibility index (Phi) is 11.2. The molecule has 0 fully saturated rings. The summed E-state index contributed by atoms with van der Waals surface area (Å²) in [4.78, 5) is 27.8. The molecule has 2 aromatic carbocycles. The Hall–Kier alpha value is -2.27. The SMILES string of the molecule is CCCCNC(=O)C(CC)N(CCc1ccccc1)C(=O)CSCc1ccccc1C. The van der Waals surface area contributed by atoms with Crippen molar-refractivity contribution in [2.24, 2.45) is 0 Å². The minimum absolute atomic E-state index is 0.0343. The van der Waals surface area contributed by atoms with Gasteiger partial charge >= 0.3 is 0 Å². The van der Waals surface area contributed by atoms with Crippen LogP contribution in [0.25, 0.3) is 0 Å². The Bertz CT molecular complexity index is 810. The van der Waals surface area contributed by atoms with Crippen LogP contribution in [0.4, 0.5) is 0 Å². The lowest BCUT2D eigenvalue weighted by Crippen LogP contribution is -2.50. The predicted octanol–water partition coefficient (Wildman–Crippen LogP) is 4.99. The first kappa shape index (κ1) is 25.0. The molecular formula is C26H36N2O2S. The number of rotatable bonds is 13. The highest BCUT2D eigenvalue weighted by molar-refractivity contribution is 7.99. The van der Waals surface area contributed by atoms with Gasteiger partial charge in [0, 0.05) is 18.8 Å². The Morgan fingerprint density at radius 1 is 1.03 bits per heavy atom. The number of nitrogens with zero attached hydrogens (tertiary/aromatic N) is 1. The van der Waals surface area contributed by atoms with Crippen molar-refractivity contribution in [2.75, 3.05) is 18.8 Å². The third-order valence-electron chi connectivity index (χ3n) is 5.44. The molecule has 31 heavy (non-hydrogen) atoms. The lowest BCUT2D eigenvalue weighted by molar-refractivity contribution is -0.138. The molecule has 2 amide bonds. The van der Waals surface area contributed by atoms with E-state index in [1.807, 2.05) is 37.3 Å². The second-order valence-corrected chi connectivity index (χ2v) is 8.80. The van der Waals surface area contributed by atoms with E-state index in [0.29, 0.717) is 25.3 Å². The minimum atomic E-state index is -0.424. The number of benzene rings is 2. The number of aryl methyl sites for hydroxylation is 1. The zero-order valence-electron chi connectivity index (χ0n) is 19.1. The van der Waals surface area contributed by atoms with Crippen LogP contribution in [0.3, 0.4) is 0 Å². The second kappa shape index (κ2) is 13.9. The average molecular weight is 441 g/mol. The lowest BCUT2D eigenvalue weighted by atomic mass is 10.1. The van der Waals surface area contributed by atoms with Crippen LogP contribution in [0.2, 0.25) is 0 Å². The van der Waals surface area contributed by atoms with Gasteiger partial charge in [0.25, 0.3) is 0 Å². The van der Waals surface area contributed by atoms with Gasteiger partial charge in [-0.3, -0.25) is 9.59 Å². The first-order valence-electron chi connectivity index (χ1n) is 11.3. The summed E-state index contributed by atoms with van der Waals surface area (Å²) in [6.45, 7) is 7.39. The van der Waals surface area contributed by atoms with Gasteiger partial charge in [0.05, 0.1) is 5.75 Å². The molecule has 0 saturated carbocycles. The lowest BCUT2D eigenvalue weighted by Gasteiger charge is -2.30. The number of unbranched alkanes of at least 4 members (excludes halogenated alkanes) is 1. The molecule has 2 rings (SSSR count). The molecular weight excluding hydrogens is 404 g/mol. The maximum atomic E-state index is 13.2. The molecule has 5 heteroatoms. The third kappa shape index (κ3) is 8.41. The van der Waals surface area contributed by atoms with Crippen LogP contribution in [-0.4, -0.2) is 41.6 Å². The fraction of sp³-hybridized carbons (Fsp3) is 0.462. The fourth-order valence-corrected chi connectivity index (χ4v) is 4.49. The Morgan fingerprint density at radius 2 is 1.74 bits per heavy atom. The smallest absolute Gasteiger partial charge is 0.242 e. The molecule has 0 aliphatic rings. The normalized spacial score (nSPS) is 11.7. The number of hydrogen-bond donors (Lipinski definition) is 1. The molecule has 0 heterocycles. The summed E-state index contributed by atoms with van der Waals surface area (Å²) < 4.78 is 0. The summed E-state index contributed by atoms with van der Waals surface area (Å²) in [6.07, 6.45) is 3.34. The van der Waals surface area contributed by atoms with E-state index in [1.54, 1.807) is 16.7 Å². The van der Waals surface area contributed by atoms with Gasteiger partial charge in [0.1, 0.15) is 6.04 Å². The third-order valence-corrected chi connectivity index (χ3v) is 6.41. The van der Waals surface area contributed by atoms with Gasteiger partial charge in [-0.1, -0.05) is 74.9 Å². The number of carbonyl (C=O) groups excluding carboxylic acids is 2. The van der Waals surface area contributed by atoms with Crippen LogP contribution in [0.15, 0.2) is 54.6 Å². The fourth-order valence-electron chi connectivity index (χ4n) is 3.51. The summed E-state index contributed by atoms with van der Waals surface area (Å²) >= 11 is 1.62. The first-order valence-corrected chi connectivity index (χ1v) is 12.5. The maximum Gasteiger partial charge on any atom is 0.242 e. The molecule has 0 aromatic heterocycles. The number of amides is 2. The van der Waals surface area contributed by atoms with Crippen LogP contribution in [0.1, 0.15) is 49.8 Å². The highest BCUT2D eigenvalue weighted by Gasteiger charge is 2.27. The average Bonchev–Trinajstić information content (AvgIpc) is 2.78. The van der Waals surface area contributed by atoms with Crippen molar-refractivity contribution < 1.29 is 9.59 Å². The Labute approximate surface area is 191 Å². The first-order chi connectivity index (χ1) is 15.1. The quantitative estimate of drug-likeness (QED) is 0.446. The van der Waals surface area contributed by atoms with Crippen molar-refractivity contribution in [1.29, 1.82) is 0 Å². The van der Waals surface area contributed by atoms with E-state index in [2.05, 4.69) is 43.4 Å². The monoisotopic (exact) mass is 440 g/mol. The molecule has 0 radical (unpaired) electrons. The maximum absolute atomic E-state index is 13.2. The van der Waals surface area contributed by atoms with Crippen molar-refractivity contribution in [3.05, 3.63) is 71.3 Å². The molecule has 1 N–H and O–H groups in total.